The van der Waals surface area contributed by atoms with Crippen LogP contribution in [0.4, 0.5) is 24.8 Å². The van der Waals surface area contributed by atoms with Gasteiger partial charge >= 0.3 is 6.18 Å². The van der Waals surface area contributed by atoms with Crippen LogP contribution in [0.3, 0.4) is 0 Å². The molecule has 1 aliphatic heterocycles. The first kappa shape index (κ1) is 15.9. The van der Waals surface area contributed by atoms with Crippen molar-refractivity contribution in [2.75, 3.05) is 36.5 Å². The number of ether oxygens (including phenoxy) is 1. The molecule has 118 valence electrons. The molecule has 0 aliphatic carbocycles. The molecule has 1 saturated heterocycles. The van der Waals surface area contributed by atoms with Crippen LogP contribution in [0.5, 0.6) is 0 Å². The van der Waals surface area contributed by atoms with Gasteiger partial charge < -0.3 is 15.0 Å². The standard InChI is InChI=1S/C14H20F3N3O/c1-3-11-9-20(5-6-21-11)13-8-10(14(15,16)17)7-12(19-13)18-4-2/h7-8,11H,3-6,9H2,1-2H3,(H,18,19). The Morgan fingerprint density at radius 3 is 2.76 bits per heavy atom. The van der Waals surface area contributed by atoms with Gasteiger partial charge in [-0.15, -0.1) is 0 Å². The summed E-state index contributed by atoms with van der Waals surface area (Å²) in [5.74, 6) is 0.601. The fraction of sp³-hybridized carbons (Fsp3) is 0.643. The van der Waals surface area contributed by atoms with E-state index >= 15 is 0 Å². The first-order chi connectivity index (χ1) is 9.94. The predicted molar refractivity (Wildman–Crippen MR) is 75.6 cm³/mol. The van der Waals surface area contributed by atoms with E-state index in [0.29, 0.717) is 32.1 Å². The molecule has 1 fully saturated rings. The topological polar surface area (TPSA) is 37.4 Å². The third-order valence-electron chi connectivity index (χ3n) is 3.42. The smallest absolute Gasteiger partial charge is 0.375 e. The predicted octanol–water partition coefficient (Wildman–Crippen LogP) is 3.15. The Bertz CT molecular complexity index is 479. The maximum Gasteiger partial charge on any atom is 0.416 e. The summed E-state index contributed by atoms with van der Waals surface area (Å²) in [5, 5.41) is 2.86. The van der Waals surface area contributed by atoms with Gasteiger partial charge in [0, 0.05) is 19.6 Å². The first-order valence-corrected chi connectivity index (χ1v) is 7.13. The minimum absolute atomic E-state index is 0.0395. The number of morpholine rings is 1. The molecule has 2 heterocycles. The summed E-state index contributed by atoms with van der Waals surface area (Å²) < 4.78 is 44.5. The molecule has 1 unspecified atom stereocenters. The second-order valence-electron chi connectivity index (χ2n) is 4.97. The van der Waals surface area contributed by atoms with Gasteiger partial charge in [-0.25, -0.2) is 4.98 Å². The molecule has 0 radical (unpaired) electrons. The molecule has 1 aromatic heterocycles. The highest BCUT2D eigenvalue weighted by atomic mass is 19.4. The number of nitrogens with zero attached hydrogens (tertiary/aromatic N) is 2. The Morgan fingerprint density at radius 2 is 2.14 bits per heavy atom. The average molecular weight is 303 g/mol. The second-order valence-corrected chi connectivity index (χ2v) is 4.97. The molecule has 0 saturated carbocycles. The van der Waals surface area contributed by atoms with E-state index in [1.807, 2.05) is 18.7 Å². The number of nitrogens with one attached hydrogen (secondary N) is 1. The van der Waals surface area contributed by atoms with Crippen LogP contribution in [0.1, 0.15) is 25.8 Å². The van der Waals surface area contributed by atoms with E-state index in [0.717, 1.165) is 18.6 Å². The SMILES string of the molecule is CCNc1cc(C(F)(F)F)cc(N2CCOC(CC)C2)n1. The molecule has 7 heteroatoms. The van der Waals surface area contributed by atoms with Crippen molar-refractivity contribution in [2.24, 2.45) is 0 Å². The highest BCUT2D eigenvalue weighted by molar-refractivity contribution is 5.51. The number of aromatic nitrogens is 1. The Kier molecular flexibility index (Phi) is 4.92. The van der Waals surface area contributed by atoms with E-state index in [-0.39, 0.29) is 11.9 Å². The van der Waals surface area contributed by atoms with Crippen molar-refractivity contribution in [1.29, 1.82) is 0 Å². The van der Waals surface area contributed by atoms with Crippen LogP contribution in [0.25, 0.3) is 0 Å². The largest absolute Gasteiger partial charge is 0.416 e. The van der Waals surface area contributed by atoms with Gasteiger partial charge in [0.15, 0.2) is 0 Å². The number of rotatable bonds is 4. The number of anilines is 2. The van der Waals surface area contributed by atoms with Gasteiger partial charge in [0.25, 0.3) is 0 Å². The molecule has 0 bridgehead atoms. The van der Waals surface area contributed by atoms with Crippen molar-refractivity contribution < 1.29 is 17.9 Å². The highest BCUT2D eigenvalue weighted by Gasteiger charge is 2.32. The Labute approximate surface area is 122 Å². The van der Waals surface area contributed by atoms with Crippen molar-refractivity contribution in [3.63, 3.8) is 0 Å². The summed E-state index contributed by atoms with van der Waals surface area (Å²) in [6.07, 6.45) is -3.51. The maximum absolute atomic E-state index is 13.0. The second kappa shape index (κ2) is 6.51. The van der Waals surface area contributed by atoms with E-state index in [4.69, 9.17) is 4.74 Å². The van der Waals surface area contributed by atoms with Gasteiger partial charge in [0.05, 0.1) is 18.3 Å². The van der Waals surface area contributed by atoms with E-state index in [1.165, 1.54) is 0 Å². The molecule has 21 heavy (non-hydrogen) atoms. The van der Waals surface area contributed by atoms with E-state index in [9.17, 15) is 13.2 Å². The summed E-state index contributed by atoms with van der Waals surface area (Å²) >= 11 is 0. The normalized spacial score (nSPS) is 19.7. The number of hydrogen-bond acceptors (Lipinski definition) is 4. The van der Waals surface area contributed by atoms with E-state index in [1.54, 1.807) is 0 Å². The molecule has 0 aromatic carbocycles. The Morgan fingerprint density at radius 1 is 1.38 bits per heavy atom. The highest BCUT2D eigenvalue weighted by Crippen LogP contribution is 2.33. The zero-order valence-electron chi connectivity index (χ0n) is 12.2. The number of hydrogen-bond donors (Lipinski definition) is 1. The Balaban J connectivity index is 2.31. The van der Waals surface area contributed by atoms with Crippen molar-refractivity contribution in [3.05, 3.63) is 17.7 Å². The summed E-state index contributed by atoms with van der Waals surface area (Å²) in [4.78, 5) is 6.14. The summed E-state index contributed by atoms with van der Waals surface area (Å²) in [5.41, 5.74) is -0.678. The van der Waals surface area contributed by atoms with Crippen LogP contribution in [0.2, 0.25) is 0 Å². The number of halogens is 3. The number of pyridine rings is 1. The van der Waals surface area contributed by atoms with Gasteiger partial charge in [-0.1, -0.05) is 6.92 Å². The summed E-state index contributed by atoms with van der Waals surface area (Å²) in [7, 11) is 0. The minimum atomic E-state index is -4.38. The van der Waals surface area contributed by atoms with Crippen LogP contribution in [0.15, 0.2) is 12.1 Å². The van der Waals surface area contributed by atoms with E-state index in [2.05, 4.69) is 10.3 Å². The zero-order valence-corrected chi connectivity index (χ0v) is 12.2. The van der Waals surface area contributed by atoms with Gasteiger partial charge in [0.1, 0.15) is 11.6 Å². The average Bonchev–Trinajstić information content (AvgIpc) is 2.46. The van der Waals surface area contributed by atoms with Gasteiger partial charge in [-0.05, 0) is 25.5 Å². The van der Waals surface area contributed by atoms with E-state index < -0.39 is 11.7 Å². The van der Waals surface area contributed by atoms with Crippen molar-refractivity contribution in [2.45, 2.75) is 32.5 Å². The first-order valence-electron chi connectivity index (χ1n) is 7.13. The maximum atomic E-state index is 13.0. The van der Waals surface area contributed by atoms with Gasteiger partial charge in [0.2, 0.25) is 0 Å². The molecule has 2 rings (SSSR count). The third kappa shape index (κ3) is 4.00. The lowest BCUT2D eigenvalue weighted by Gasteiger charge is -2.33. The molecule has 1 atom stereocenters. The lowest BCUT2D eigenvalue weighted by molar-refractivity contribution is -0.137. The van der Waals surface area contributed by atoms with Crippen LogP contribution in [-0.4, -0.2) is 37.3 Å². The lowest BCUT2D eigenvalue weighted by atomic mass is 10.2. The molecule has 0 spiro atoms. The van der Waals surface area contributed by atoms with Crippen molar-refractivity contribution in [3.8, 4) is 0 Å². The van der Waals surface area contributed by atoms with Crippen LogP contribution in [-0.2, 0) is 10.9 Å². The summed E-state index contributed by atoms with van der Waals surface area (Å²) in [6, 6.07) is 2.16. The molecule has 1 aliphatic rings. The molecule has 1 aromatic rings. The molecule has 1 N–H and O–H groups in total. The fourth-order valence-corrected chi connectivity index (χ4v) is 2.29. The van der Waals surface area contributed by atoms with Crippen LogP contribution in [0, 0.1) is 0 Å². The van der Waals surface area contributed by atoms with Crippen molar-refractivity contribution in [1.82, 2.24) is 4.98 Å². The lowest BCUT2D eigenvalue weighted by Crippen LogP contribution is -2.42. The number of alkyl halides is 3. The fourth-order valence-electron chi connectivity index (χ4n) is 2.29. The van der Waals surface area contributed by atoms with Crippen molar-refractivity contribution >= 4 is 11.6 Å². The quantitative estimate of drug-likeness (QED) is 0.927. The van der Waals surface area contributed by atoms with Crippen LogP contribution < -0.4 is 10.2 Å². The minimum Gasteiger partial charge on any atom is -0.375 e. The molecular weight excluding hydrogens is 283 g/mol. The molecular formula is C14H20F3N3O. The molecule has 4 nitrogen and oxygen atoms in total. The monoisotopic (exact) mass is 303 g/mol. The zero-order chi connectivity index (χ0) is 15.5. The third-order valence-corrected chi connectivity index (χ3v) is 3.42. The van der Waals surface area contributed by atoms with Gasteiger partial charge in [-0.3, -0.25) is 0 Å². The van der Waals surface area contributed by atoms with Gasteiger partial charge in [-0.2, -0.15) is 13.2 Å². The summed E-state index contributed by atoms with van der Waals surface area (Å²) in [6.45, 7) is 5.97. The molecule has 0 amide bonds. The Hall–Kier alpha value is -1.50. The van der Waals surface area contributed by atoms with Crippen LogP contribution >= 0.6 is 0 Å².